The largest absolute Gasteiger partial charge is 0.453 e. The maximum Gasteiger partial charge on any atom is 0.251 e. The van der Waals surface area contributed by atoms with E-state index in [1.54, 1.807) is 13.0 Å². The summed E-state index contributed by atoms with van der Waals surface area (Å²) in [5, 5.41) is 13.4. The molecule has 2 amide bonds. The number of nitrogens with one attached hydrogen (secondary N) is 3. The third kappa shape index (κ3) is 6.41. The molecule has 2 aromatic carbocycles. The summed E-state index contributed by atoms with van der Waals surface area (Å²) in [6.07, 6.45) is 3.78. The molecule has 10 heteroatoms. The Morgan fingerprint density at radius 1 is 1.17 bits per heavy atom. The zero-order chi connectivity index (χ0) is 26.6. The maximum atomic E-state index is 15.0. The van der Waals surface area contributed by atoms with Crippen LogP contribution in [0.3, 0.4) is 0 Å². The number of primary amides is 1. The molecule has 0 spiro atoms. The van der Waals surface area contributed by atoms with E-state index in [1.807, 2.05) is 20.8 Å². The molecule has 0 aliphatic heterocycles. The van der Waals surface area contributed by atoms with Gasteiger partial charge in [-0.1, -0.05) is 6.07 Å². The lowest BCUT2D eigenvalue weighted by Crippen LogP contribution is -2.34. The van der Waals surface area contributed by atoms with Gasteiger partial charge in [0.15, 0.2) is 11.6 Å². The van der Waals surface area contributed by atoms with Crippen LogP contribution < -0.4 is 21.1 Å². The van der Waals surface area contributed by atoms with Crippen LogP contribution in [-0.4, -0.2) is 28.6 Å². The molecule has 0 radical (unpaired) electrons. The number of hydrogen-bond donors (Lipinski definition) is 4. The Balaban J connectivity index is 1.83. The molecule has 0 aliphatic rings. The molecule has 36 heavy (non-hydrogen) atoms. The topological polar surface area (TPSA) is 130 Å². The normalized spacial score (nSPS) is 11.8. The van der Waals surface area contributed by atoms with Crippen LogP contribution >= 0.6 is 0 Å². The predicted octanol–water partition coefficient (Wildman–Crippen LogP) is 4.25. The van der Waals surface area contributed by atoms with E-state index >= 15 is 4.39 Å². The first-order valence-electron chi connectivity index (χ1n) is 11.0. The highest BCUT2D eigenvalue weighted by atomic mass is 19.1. The van der Waals surface area contributed by atoms with Gasteiger partial charge >= 0.3 is 0 Å². The van der Waals surface area contributed by atoms with Crippen molar-refractivity contribution in [2.24, 2.45) is 5.73 Å². The van der Waals surface area contributed by atoms with Crippen LogP contribution in [0.5, 0.6) is 11.5 Å². The van der Waals surface area contributed by atoms with E-state index in [0.29, 0.717) is 11.1 Å². The van der Waals surface area contributed by atoms with E-state index in [2.05, 4.69) is 15.6 Å². The van der Waals surface area contributed by atoms with Crippen LogP contribution in [0.4, 0.5) is 8.78 Å². The molecule has 0 bridgehead atoms. The van der Waals surface area contributed by atoms with Gasteiger partial charge < -0.3 is 26.5 Å². The Morgan fingerprint density at radius 2 is 1.89 bits per heavy atom. The van der Waals surface area contributed by atoms with Gasteiger partial charge in [-0.3, -0.25) is 14.6 Å². The quantitative estimate of drug-likeness (QED) is 0.347. The molecule has 3 rings (SSSR count). The standard InChI is InChI=1S/C26H27F2N5O3/c1-14-7-15(9-23(34)33-16(12-29)13-32-26(2,3)4)8-20(28)24(14)36-22-5-6-31-21-11-19(27)17(25(30)35)10-18(21)22/h5-8,10-13,29,32H,9H2,1-4H3,(H2,30,35)(H,33,34)/b16-13+,29-12?. The van der Waals surface area contributed by atoms with Crippen LogP contribution in [0.1, 0.15) is 42.3 Å². The number of carbonyl (C=O) groups is 2. The van der Waals surface area contributed by atoms with Crippen molar-refractivity contribution in [3.8, 4) is 11.5 Å². The Morgan fingerprint density at radius 3 is 2.50 bits per heavy atom. The lowest BCUT2D eigenvalue weighted by molar-refractivity contribution is -0.119. The van der Waals surface area contributed by atoms with Crippen molar-refractivity contribution in [2.45, 2.75) is 39.7 Å². The van der Waals surface area contributed by atoms with Crippen LogP contribution in [0.15, 0.2) is 48.4 Å². The smallest absolute Gasteiger partial charge is 0.251 e. The molecule has 0 atom stereocenters. The maximum absolute atomic E-state index is 15.0. The number of hydrogen-bond acceptors (Lipinski definition) is 6. The molecule has 1 heterocycles. The highest BCUT2D eigenvalue weighted by Crippen LogP contribution is 2.34. The van der Waals surface area contributed by atoms with E-state index < -0.39 is 23.4 Å². The van der Waals surface area contributed by atoms with Crippen molar-refractivity contribution in [1.29, 1.82) is 5.41 Å². The number of benzene rings is 2. The number of aromatic nitrogens is 1. The van der Waals surface area contributed by atoms with Gasteiger partial charge in [0.05, 0.1) is 23.2 Å². The Hall–Kier alpha value is -4.34. The summed E-state index contributed by atoms with van der Waals surface area (Å²) in [7, 11) is 0. The van der Waals surface area contributed by atoms with Gasteiger partial charge in [-0.05, 0) is 57.0 Å². The fourth-order valence-corrected chi connectivity index (χ4v) is 3.36. The zero-order valence-electron chi connectivity index (χ0n) is 20.3. The van der Waals surface area contributed by atoms with Crippen LogP contribution in [0.2, 0.25) is 0 Å². The van der Waals surface area contributed by atoms with Gasteiger partial charge in [0.25, 0.3) is 5.91 Å². The van der Waals surface area contributed by atoms with E-state index in [0.717, 1.165) is 12.3 Å². The SMILES string of the molecule is Cc1cc(CC(=O)N/C(C=N)=C/NC(C)(C)C)cc(F)c1Oc1ccnc2cc(F)c(C(N)=O)cc12. The van der Waals surface area contributed by atoms with Crippen LogP contribution in [-0.2, 0) is 11.2 Å². The number of amides is 2. The zero-order valence-corrected chi connectivity index (χ0v) is 20.3. The first-order valence-corrected chi connectivity index (χ1v) is 11.0. The summed E-state index contributed by atoms with van der Waals surface area (Å²) in [6.45, 7) is 7.43. The second-order valence-corrected chi connectivity index (χ2v) is 9.21. The lowest BCUT2D eigenvalue weighted by atomic mass is 10.1. The number of allylic oxidation sites excluding steroid dienone is 1. The van der Waals surface area contributed by atoms with Gasteiger partial charge in [0.2, 0.25) is 5.91 Å². The van der Waals surface area contributed by atoms with Crippen molar-refractivity contribution in [3.05, 3.63) is 76.8 Å². The molecular weight excluding hydrogens is 468 g/mol. The summed E-state index contributed by atoms with van der Waals surface area (Å²) in [6, 6.07) is 6.52. The average Bonchev–Trinajstić information content (AvgIpc) is 2.77. The van der Waals surface area contributed by atoms with E-state index in [4.69, 9.17) is 15.9 Å². The highest BCUT2D eigenvalue weighted by molar-refractivity contribution is 5.98. The fourth-order valence-electron chi connectivity index (χ4n) is 3.36. The number of halogens is 2. The summed E-state index contributed by atoms with van der Waals surface area (Å²) in [4.78, 5) is 28.1. The molecule has 3 aromatic rings. The molecule has 0 saturated heterocycles. The van der Waals surface area contributed by atoms with E-state index in [9.17, 15) is 14.0 Å². The average molecular weight is 496 g/mol. The van der Waals surface area contributed by atoms with Gasteiger partial charge in [-0.2, -0.15) is 0 Å². The van der Waals surface area contributed by atoms with Crippen molar-refractivity contribution >= 4 is 28.9 Å². The molecule has 0 fully saturated rings. The van der Waals surface area contributed by atoms with Crippen LogP contribution in [0, 0.1) is 24.0 Å². The number of pyridine rings is 1. The minimum Gasteiger partial charge on any atom is -0.453 e. The Bertz CT molecular complexity index is 1360. The highest BCUT2D eigenvalue weighted by Gasteiger charge is 2.17. The molecule has 5 N–H and O–H groups in total. The second kappa shape index (κ2) is 10.5. The van der Waals surface area contributed by atoms with E-state index in [1.165, 1.54) is 30.6 Å². The number of rotatable bonds is 8. The Labute approximate surface area is 207 Å². The molecule has 188 valence electrons. The molecule has 1 aromatic heterocycles. The third-order valence-corrected chi connectivity index (χ3v) is 5.02. The van der Waals surface area contributed by atoms with Crippen molar-refractivity contribution < 1.29 is 23.1 Å². The monoisotopic (exact) mass is 495 g/mol. The van der Waals surface area contributed by atoms with Crippen molar-refractivity contribution in [2.75, 3.05) is 0 Å². The van der Waals surface area contributed by atoms with E-state index in [-0.39, 0.29) is 45.6 Å². The molecule has 0 aliphatic carbocycles. The lowest BCUT2D eigenvalue weighted by Gasteiger charge is -2.19. The number of carbonyl (C=O) groups excluding carboxylic acids is 2. The predicted molar refractivity (Wildman–Crippen MR) is 133 cm³/mol. The minimum atomic E-state index is -0.954. The number of nitrogens with two attached hydrogens (primary N) is 1. The first kappa shape index (κ1) is 26.3. The van der Waals surface area contributed by atoms with Crippen molar-refractivity contribution in [1.82, 2.24) is 15.6 Å². The van der Waals surface area contributed by atoms with Gasteiger partial charge in [0, 0.05) is 35.6 Å². The summed E-state index contributed by atoms with van der Waals surface area (Å²) >= 11 is 0. The third-order valence-electron chi connectivity index (χ3n) is 5.02. The summed E-state index contributed by atoms with van der Waals surface area (Å²) in [5.74, 6) is -2.84. The van der Waals surface area contributed by atoms with Crippen LogP contribution in [0.25, 0.3) is 10.9 Å². The number of ether oxygens (including phenoxy) is 1. The van der Waals surface area contributed by atoms with Crippen molar-refractivity contribution in [3.63, 3.8) is 0 Å². The fraction of sp³-hybridized carbons (Fsp3) is 0.231. The molecular formula is C26H27F2N5O3. The first-order chi connectivity index (χ1) is 16.9. The molecule has 8 nitrogen and oxygen atoms in total. The van der Waals surface area contributed by atoms with Gasteiger partial charge in [0.1, 0.15) is 11.6 Å². The Kier molecular flexibility index (Phi) is 7.67. The minimum absolute atomic E-state index is 0.0916. The number of aryl methyl sites for hydroxylation is 1. The molecule has 0 saturated carbocycles. The summed E-state index contributed by atoms with van der Waals surface area (Å²) < 4.78 is 34.9. The second-order valence-electron chi connectivity index (χ2n) is 9.21. The van der Waals surface area contributed by atoms with Gasteiger partial charge in [-0.15, -0.1) is 0 Å². The summed E-state index contributed by atoms with van der Waals surface area (Å²) in [5.41, 5.74) is 5.94. The number of fused-ring (bicyclic) bond motifs is 1. The van der Waals surface area contributed by atoms with Gasteiger partial charge in [-0.25, -0.2) is 8.78 Å². The number of nitrogens with zero attached hydrogens (tertiary/aromatic N) is 1. The molecule has 0 unspecified atom stereocenters.